The molecule has 2 aliphatic rings. The molecular weight excluding hydrogens is 356 g/mol. The van der Waals surface area contributed by atoms with Crippen LogP contribution in [0.25, 0.3) is 0 Å². The quantitative estimate of drug-likeness (QED) is 0.773. The molecule has 0 N–H and O–H groups in total. The molecule has 0 radical (unpaired) electrons. The van der Waals surface area contributed by atoms with E-state index in [9.17, 15) is 9.59 Å². The Morgan fingerprint density at radius 1 is 1.11 bits per heavy atom. The predicted octanol–water partition coefficient (Wildman–Crippen LogP) is 3.79. The number of piperidine rings is 1. The maximum atomic E-state index is 13.2. The summed E-state index contributed by atoms with van der Waals surface area (Å²) in [5.74, 6) is 1.04. The molecular formula is C22H32N2O4. The number of fused-ring (bicyclic) bond motifs is 1. The number of amides is 2. The van der Waals surface area contributed by atoms with E-state index in [-0.39, 0.29) is 24.0 Å². The molecule has 1 saturated heterocycles. The molecule has 6 heteroatoms. The summed E-state index contributed by atoms with van der Waals surface area (Å²) in [7, 11) is 1.67. The van der Waals surface area contributed by atoms with Crippen LogP contribution < -0.4 is 4.74 Å². The Labute approximate surface area is 167 Å². The van der Waals surface area contributed by atoms with Crippen LogP contribution in [0.1, 0.15) is 57.7 Å². The van der Waals surface area contributed by atoms with Crippen LogP contribution in [-0.2, 0) is 16.0 Å². The van der Waals surface area contributed by atoms with Crippen LogP contribution in [-0.4, -0.2) is 54.1 Å². The van der Waals surface area contributed by atoms with E-state index >= 15 is 0 Å². The summed E-state index contributed by atoms with van der Waals surface area (Å²) >= 11 is 0. The fraction of sp³-hybridized carbons (Fsp3) is 0.636. The minimum atomic E-state index is -0.497. The summed E-state index contributed by atoms with van der Waals surface area (Å²) in [4.78, 5) is 29.1. The summed E-state index contributed by atoms with van der Waals surface area (Å²) in [5, 5.41) is 0. The van der Waals surface area contributed by atoms with E-state index in [1.165, 1.54) is 11.1 Å². The number of carbonyl (C=O) groups excluding carboxylic acids is 2. The highest BCUT2D eigenvalue weighted by atomic mass is 16.6. The zero-order chi connectivity index (χ0) is 20.5. The van der Waals surface area contributed by atoms with Crippen molar-refractivity contribution >= 4 is 12.0 Å². The predicted molar refractivity (Wildman–Crippen MR) is 107 cm³/mol. The third-order valence-electron chi connectivity index (χ3n) is 5.67. The second-order valence-electron chi connectivity index (χ2n) is 8.76. The number of hydrogen-bond acceptors (Lipinski definition) is 4. The number of rotatable bonds is 2. The van der Waals surface area contributed by atoms with E-state index in [1.54, 1.807) is 12.0 Å². The van der Waals surface area contributed by atoms with Crippen molar-refractivity contribution in [3.63, 3.8) is 0 Å². The number of hydrogen-bond donors (Lipinski definition) is 0. The first-order valence-corrected chi connectivity index (χ1v) is 10.1. The molecule has 3 rings (SSSR count). The van der Waals surface area contributed by atoms with Gasteiger partial charge in [0.15, 0.2) is 0 Å². The zero-order valence-corrected chi connectivity index (χ0v) is 17.7. The third-order valence-corrected chi connectivity index (χ3v) is 5.67. The van der Waals surface area contributed by atoms with Gasteiger partial charge in [0.2, 0.25) is 5.91 Å². The minimum absolute atomic E-state index is 0.0269. The van der Waals surface area contributed by atoms with E-state index in [2.05, 4.69) is 19.1 Å². The topological polar surface area (TPSA) is 59.1 Å². The van der Waals surface area contributed by atoms with Crippen molar-refractivity contribution in [2.24, 2.45) is 5.92 Å². The first-order valence-electron chi connectivity index (χ1n) is 10.1. The standard InChI is InChI=1S/C22H32N2O4/c1-15-19-7-6-18(27-5)14-17(19)10-13-24(15)20(25)16-8-11-23(12-9-16)21(26)28-22(2,3)4/h6-7,14-16H,8-13H2,1-5H3. The fourth-order valence-corrected chi connectivity index (χ4v) is 4.11. The Morgan fingerprint density at radius 2 is 1.79 bits per heavy atom. The molecule has 0 bridgehead atoms. The maximum absolute atomic E-state index is 13.2. The van der Waals surface area contributed by atoms with E-state index < -0.39 is 5.60 Å². The van der Waals surface area contributed by atoms with Crippen LogP contribution in [0.2, 0.25) is 0 Å². The molecule has 1 unspecified atom stereocenters. The summed E-state index contributed by atoms with van der Waals surface area (Å²) in [6, 6.07) is 6.17. The van der Waals surface area contributed by atoms with Gasteiger partial charge >= 0.3 is 6.09 Å². The average Bonchev–Trinajstić information content (AvgIpc) is 2.66. The maximum Gasteiger partial charge on any atom is 0.410 e. The molecule has 6 nitrogen and oxygen atoms in total. The van der Waals surface area contributed by atoms with Crippen LogP contribution in [0, 0.1) is 5.92 Å². The lowest BCUT2D eigenvalue weighted by Gasteiger charge is -2.39. The van der Waals surface area contributed by atoms with Crippen molar-refractivity contribution in [3.05, 3.63) is 29.3 Å². The van der Waals surface area contributed by atoms with Crippen LogP contribution >= 0.6 is 0 Å². The highest BCUT2D eigenvalue weighted by molar-refractivity contribution is 5.80. The molecule has 2 heterocycles. The molecule has 1 fully saturated rings. The largest absolute Gasteiger partial charge is 0.497 e. The molecule has 28 heavy (non-hydrogen) atoms. The molecule has 2 aliphatic heterocycles. The van der Waals surface area contributed by atoms with Gasteiger partial charge in [0.25, 0.3) is 0 Å². The van der Waals surface area contributed by atoms with Gasteiger partial charge in [0.05, 0.1) is 13.2 Å². The highest BCUT2D eigenvalue weighted by Gasteiger charge is 2.35. The average molecular weight is 389 g/mol. The van der Waals surface area contributed by atoms with Crippen LogP contribution in [0.3, 0.4) is 0 Å². The molecule has 154 valence electrons. The zero-order valence-electron chi connectivity index (χ0n) is 17.7. The lowest BCUT2D eigenvalue weighted by atomic mass is 9.89. The summed E-state index contributed by atoms with van der Waals surface area (Å²) < 4.78 is 10.8. The highest BCUT2D eigenvalue weighted by Crippen LogP contribution is 2.34. The lowest BCUT2D eigenvalue weighted by Crippen LogP contribution is -2.47. The van der Waals surface area contributed by atoms with E-state index in [0.717, 1.165) is 18.7 Å². The normalized spacial score (nSPS) is 20.5. The first-order chi connectivity index (χ1) is 13.2. The van der Waals surface area contributed by atoms with Gasteiger partial charge in [-0.1, -0.05) is 6.07 Å². The van der Waals surface area contributed by atoms with Gasteiger partial charge in [0, 0.05) is 25.6 Å². The fourth-order valence-electron chi connectivity index (χ4n) is 4.11. The molecule has 0 saturated carbocycles. The van der Waals surface area contributed by atoms with E-state index in [4.69, 9.17) is 9.47 Å². The van der Waals surface area contributed by atoms with Crippen molar-refractivity contribution in [1.82, 2.24) is 9.80 Å². The van der Waals surface area contributed by atoms with Gasteiger partial charge in [-0.15, -0.1) is 0 Å². The SMILES string of the molecule is COc1ccc2c(c1)CCN(C(=O)C1CCN(C(=O)OC(C)(C)C)CC1)C2C. The van der Waals surface area contributed by atoms with Crippen LogP contribution in [0.4, 0.5) is 4.79 Å². The van der Waals surface area contributed by atoms with E-state index in [0.29, 0.717) is 25.9 Å². The Bertz CT molecular complexity index is 733. The number of methoxy groups -OCH3 is 1. The summed E-state index contributed by atoms with van der Waals surface area (Å²) in [5.41, 5.74) is 1.96. The Hall–Kier alpha value is -2.24. The number of nitrogens with zero attached hydrogens (tertiary/aromatic N) is 2. The summed E-state index contributed by atoms with van der Waals surface area (Å²) in [6.07, 6.45) is 1.94. The monoisotopic (exact) mass is 388 g/mol. The molecule has 0 aromatic heterocycles. The first kappa shape index (κ1) is 20.5. The van der Waals surface area contributed by atoms with Gasteiger partial charge in [-0.25, -0.2) is 4.79 Å². The minimum Gasteiger partial charge on any atom is -0.497 e. The third kappa shape index (κ3) is 4.42. The van der Waals surface area contributed by atoms with E-state index in [1.807, 2.05) is 31.7 Å². The Balaban J connectivity index is 1.60. The van der Waals surface area contributed by atoms with Gasteiger partial charge in [-0.05, 0) is 70.2 Å². The van der Waals surface area contributed by atoms with Gasteiger partial charge in [-0.2, -0.15) is 0 Å². The molecule has 2 amide bonds. The van der Waals surface area contributed by atoms with Crippen molar-refractivity contribution in [1.29, 1.82) is 0 Å². The molecule has 0 aliphatic carbocycles. The van der Waals surface area contributed by atoms with Gasteiger partial charge < -0.3 is 19.3 Å². The Kier molecular flexibility index (Phi) is 5.87. The number of carbonyl (C=O) groups is 2. The lowest BCUT2D eigenvalue weighted by molar-refractivity contribution is -0.139. The molecule has 1 atom stereocenters. The van der Waals surface area contributed by atoms with Crippen molar-refractivity contribution in [3.8, 4) is 5.75 Å². The molecule has 1 aromatic rings. The second kappa shape index (κ2) is 8.02. The van der Waals surface area contributed by atoms with Crippen molar-refractivity contribution in [2.45, 2.75) is 58.6 Å². The number of ether oxygens (including phenoxy) is 2. The number of benzene rings is 1. The van der Waals surface area contributed by atoms with Crippen LogP contribution in [0.5, 0.6) is 5.75 Å². The molecule has 0 spiro atoms. The van der Waals surface area contributed by atoms with Crippen molar-refractivity contribution in [2.75, 3.05) is 26.7 Å². The summed E-state index contributed by atoms with van der Waals surface area (Å²) in [6.45, 7) is 9.57. The van der Waals surface area contributed by atoms with Crippen molar-refractivity contribution < 1.29 is 19.1 Å². The van der Waals surface area contributed by atoms with Gasteiger partial charge in [-0.3, -0.25) is 4.79 Å². The Morgan fingerprint density at radius 3 is 2.39 bits per heavy atom. The smallest absolute Gasteiger partial charge is 0.410 e. The second-order valence-corrected chi connectivity index (χ2v) is 8.76. The molecule has 1 aromatic carbocycles. The van der Waals surface area contributed by atoms with Gasteiger partial charge in [0.1, 0.15) is 11.4 Å². The number of likely N-dealkylation sites (tertiary alicyclic amines) is 1. The van der Waals surface area contributed by atoms with Crippen LogP contribution in [0.15, 0.2) is 18.2 Å².